The second-order valence-corrected chi connectivity index (χ2v) is 6.51. The summed E-state index contributed by atoms with van der Waals surface area (Å²) in [6, 6.07) is 11.7. The minimum absolute atomic E-state index is 0.125. The largest absolute Gasteiger partial charge is 0.446 e. The average molecular weight is 397 g/mol. The van der Waals surface area contributed by atoms with Crippen LogP contribution < -0.4 is 5.32 Å². The Balaban J connectivity index is 2.11. The molecule has 0 aromatic heterocycles. The third-order valence-corrected chi connectivity index (χ3v) is 4.60. The maximum Gasteiger partial charge on any atom is 0.446 e. The number of thioether (sulfide) groups is 1. The fourth-order valence-corrected chi connectivity index (χ4v) is 2.86. The number of halogens is 5. The first-order chi connectivity index (χ1) is 9.85. The molecule has 0 atom stereocenters. The van der Waals surface area contributed by atoms with Gasteiger partial charge < -0.3 is 5.32 Å². The summed E-state index contributed by atoms with van der Waals surface area (Å²) in [5.74, 6) is 0. The van der Waals surface area contributed by atoms with E-state index in [0.29, 0.717) is 17.3 Å². The Hall–Kier alpha value is -0.850. The Kier molecular flexibility index (Phi) is 5.46. The number of anilines is 1. The van der Waals surface area contributed by atoms with Crippen LogP contribution in [0.3, 0.4) is 0 Å². The van der Waals surface area contributed by atoms with Crippen LogP contribution in [0, 0.1) is 0 Å². The van der Waals surface area contributed by atoms with Gasteiger partial charge in [0, 0.05) is 21.6 Å². The Morgan fingerprint density at radius 1 is 1.14 bits per heavy atom. The molecule has 0 saturated carbocycles. The van der Waals surface area contributed by atoms with Crippen LogP contribution in [0.4, 0.5) is 18.9 Å². The molecule has 0 aliphatic rings. The van der Waals surface area contributed by atoms with Crippen LogP contribution in [0.25, 0.3) is 0 Å². The van der Waals surface area contributed by atoms with Gasteiger partial charge in [-0.1, -0.05) is 29.8 Å². The smallest absolute Gasteiger partial charge is 0.380 e. The van der Waals surface area contributed by atoms with E-state index in [1.807, 2.05) is 12.1 Å². The zero-order chi connectivity index (χ0) is 15.5. The summed E-state index contributed by atoms with van der Waals surface area (Å²) < 4.78 is 38.2. The molecule has 0 aliphatic heterocycles. The fraction of sp³-hybridized carbons (Fsp3) is 0.143. The summed E-state index contributed by atoms with van der Waals surface area (Å²) in [5, 5.41) is 3.60. The van der Waals surface area contributed by atoms with Crippen molar-refractivity contribution in [2.24, 2.45) is 0 Å². The van der Waals surface area contributed by atoms with E-state index < -0.39 is 5.51 Å². The minimum atomic E-state index is -4.30. The highest BCUT2D eigenvalue weighted by Gasteiger charge is 2.30. The number of hydrogen-bond acceptors (Lipinski definition) is 2. The van der Waals surface area contributed by atoms with Crippen LogP contribution in [0.15, 0.2) is 51.8 Å². The van der Waals surface area contributed by atoms with Crippen LogP contribution in [0.5, 0.6) is 0 Å². The number of alkyl halides is 3. The van der Waals surface area contributed by atoms with Crippen molar-refractivity contribution in [2.45, 2.75) is 16.9 Å². The first kappa shape index (κ1) is 16.5. The topological polar surface area (TPSA) is 12.0 Å². The third kappa shape index (κ3) is 5.13. The van der Waals surface area contributed by atoms with E-state index in [1.54, 1.807) is 24.3 Å². The quantitative estimate of drug-likeness (QED) is 0.606. The van der Waals surface area contributed by atoms with Crippen molar-refractivity contribution in [2.75, 3.05) is 5.32 Å². The van der Waals surface area contributed by atoms with E-state index in [0.717, 1.165) is 10.0 Å². The molecule has 1 nitrogen and oxygen atoms in total. The van der Waals surface area contributed by atoms with Gasteiger partial charge in [-0.05, 0) is 57.5 Å². The van der Waals surface area contributed by atoms with Crippen molar-refractivity contribution in [1.29, 1.82) is 0 Å². The fourth-order valence-electron chi connectivity index (χ4n) is 1.67. The molecule has 0 amide bonds. The van der Waals surface area contributed by atoms with Crippen molar-refractivity contribution < 1.29 is 13.2 Å². The van der Waals surface area contributed by atoms with Gasteiger partial charge in [0.15, 0.2) is 0 Å². The summed E-state index contributed by atoms with van der Waals surface area (Å²) in [7, 11) is 0. The third-order valence-electron chi connectivity index (χ3n) is 2.58. The van der Waals surface area contributed by atoms with E-state index in [2.05, 4.69) is 21.2 Å². The van der Waals surface area contributed by atoms with Gasteiger partial charge in [0.25, 0.3) is 0 Å². The van der Waals surface area contributed by atoms with Crippen LogP contribution in [0.1, 0.15) is 5.56 Å². The minimum Gasteiger partial charge on any atom is -0.380 e. The zero-order valence-electron chi connectivity index (χ0n) is 10.5. The Labute approximate surface area is 138 Å². The summed E-state index contributed by atoms with van der Waals surface area (Å²) in [4.78, 5) is 0.151. The molecule has 0 unspecified atom stereocenters. The van der Waals surface area contributed by atoms with Crippen LogP contribution in [0.2, 0.25) is 5.02 Å². The number of benzene rings is 2. The molecule has 21 heavy (non-hydrogen) atoms. The van der Waals surface area contributed by atoms with Crippen molar-refractivity contribution >= 4 is 45.0 Å². The standard InChI is InChI=1S/C14H10BrClF3NS/c15-10-7-9(5-6-11(10)16)8-20-12-3-1-2-4-13(12)21-14(17,18)19/h1-7,20H,8H2. The maximum atomic E-state index is 12.5. The molecule has 0 radical (unpaired) electrons. The number of rotatable bonds is 4. The summed E-state index contributed by atoms with van der Waals surface area (Å²) >= 11 is 9.09. The molecule has 0 aliphatic carbocycles. The van der Waals surface area contributed by atoms with E-state index in [1.165, 1.54) is 6.07 Å². The Bertz CT molecular complexity index is 634. The first-order valence-electron chi connectivity index (χ1n) is 5.88. The van der Waals surface area contributed by atoms with Crippen molar-refractivity contribution in [3.05, 3.63) is 57.5 Å². The molecule has 112 valence electrons. The van der Waals surface area contributed by atoms with E-state index in [9.17, 15) is 13.2 Å². The van der Waals surface area contributed by atoms with E-state index in [-0.39, 0.29) is 16.7 Å². The molecule has 0 bridgehead atoms. The zero-order valence-corrected chi connectivity index (χ0v) is 13.7. The van der Waals surface area contributed by atoms with Gasteiger partial charge in [0.1, 0.15) is 0 Å². The average Bonchev–Trinajstić information content (AvgIpc) is 2.40. The van der Waals surface area contributed by atoms with Crippen LogP contribution in [-0.2, 0) is 6.54 Å². The molecular formula is C14H10BrClF3NS. The lowest BCUT2D eigenvalue weighted by molar-refractivity contribution is -0.0327. The van der Waals surface area contributed by atoms with Crippen molar-refractivity contribution in [1.82, 2.24) is 0 Å². The molecule has 0 fully saturated rings. The number of hydrogen-bond donors (Lipinski definition) is 1. The summed E-state index contributed by atoms with van der Waals surface area (Å²) in [5.41, 5.74) is -2.94. The number of nitrogens with one attached hydrogen (secondary N) is 1. The molecule has 0 saturated heterocycles. The van der Waals surface area contributed by atoms with Crippen molar-refractivity contribution in [3.63, 3.8) is 0 Å². The normalized spacial score (nSPS) is 11.5. The van der Waals surface area contributed by atoms with Gasteiger partial charge in [-0.2, -0.15) is 13.2 Å². The Morgan fingerprint density at radius 2 is 1.86 bits per heavy atom. The Morgan fingerprint density at radius 3 is 2.52 bits per heavy atom. The predicted molar refractivity (Wildman–Crippen MR) is 84.8 cm³/mol. The second-order valence-electron chi connectivity index (χ2n) is 4.15. The highest BCUT2D eigenvalue weighted by Crippen LogP contribution is 2.40. The molecular weight excluding hydrogens is 387 g/mol. The second kappa shape index (κ2) is 6.94. The van der Waals surface area contributed by atoms with Gasteiger partial charge in [-0.3, -0.25) is 0 Å². The summed E-state index contributed by atoms with van der Waals surface area (Å²) in [6.07, 6.45) is 0. The van der Waals surface area contributed by atoms with Gasteiger partial charge in [0.2, 0.25) is 0 Å². The van der Waals surface area contributed by atoms with E-state index in [4.69, 9.17) is 11.6 Å². The van der Waals surface area contributed by atoms with Crippen molar-refractivity contribution in [3.8, 4) is 0 Å². The lowest BCUT2D eigenvalue weighted by Gasteiger charge is -2.13. The maximum absolute atomic E-state index is 12.5. The number of para-hydroxylation sites is 1. The predicted octanol–water partition coefficient (Wildman–Crippen LogP) is 6.33. The molecule has 2 aromatic carbocycles. The first-order valence-corrected chi connectivity index (χ1v) is 7.86. The van der Waals surface area contributed by atoms with Gasteiger partial charge in [0.05, 0.1) is 5.02 Å². The highest BCUT2D eigenvalue weighted by molar-refractivity contribution is 9.10. The monoisotopic (exact) mass is 395 g/mol. The van der Waals surface area contributed by atoms with Gasteiger partial charge >= 0.3 is 5.51 Å². The van der Waals surface area contributed by atoms with Crippen LogP contribution >= 0.6 is 39.3 Å². The molecule has 2 aromatic rings. The van der Waals surface area contributed by atoms with Gasteiger partial charge in [-0.25, -0.2) is 0 Å². The molecule has 1 N–H and O–H groups in total. The lowest BCUT2D eigenvalue weighted by Crippen LogP contribution is -2.04. The highest BCUT2D eigenvalue weighted by atomic mass is 79.9. The molecule has 0 heterocycles. The van der Waals surface area contributed by atoms with Crippen LogP contribution in [-0.4, -0.2) is 5.51 Å². The summed E-state index contributed by atoms with van der Waals surface area (Å²) in [6.45, 7) is 0.408. The molecule has 7 heteroatoms. The van der Waals surface area contributed by atoms with E-state index >= 15 is 0 Å². The van der Waals surface area contributed by atoms with Gasteiger partial charge in [-0.15, -0.1) is 0 Å². The molecule has 0 spiro atoms. The SMILES string of the molecule is FC(F)(F)Sc1ccccc1NCc1ccc(Cl)c(Br)c1. The lowest BCUT2D eigenvalue weighted by atomic mass is 10.2. The molecule has 2 rings (SSSR count).